The van der Waals surface area contributed by atoms with Gasteiger partial charge in [0.15, 0.2) is 0 Å². The maximum Gasteiger partial charge on any atom is 0.337 e. The highest BCUT2D eigenvalue weighted by atomic mass is 16.6. The van der Waals surface area contributed by atoms with Gasteiger partial charge in [0.2, 0.25) is 0 Å². The third-order valence-corrected chi connectivity index (χ3v) is 3.01. The molecule has 0 radical (unpaired) electrons. The van der Waals surface area contributed by atoms with Crippen LogP contribution in [0.1, 0.15) is 10.4 Å². The molecule has 108 valence electrons. The van der Waals surface area contributed by atoms with Crippen LogP contribution in [-0.4, -0.2) is 25.1 Å². The lowest BCUT2D eigenvalue weighted by atomic mass is 10.0. The lowest BCUT2D eigenvalue weighted by Crippen LogP contribution is -2.00. The van der Waals surface area contributed by atoms with Gasteiger partial charge in [-0.2, -0.15) is 0 Å². The summed E-state index contributed by atoms with van der Waals surface area (Å²) in [5.41, 5.74) is 1.89. The number of ether oxygens (including phenoxy) is 2. The van der Waals surface area contributed by atoms with E-state index in [-0.39, 0.29) is 5.69 Å². The van der Waals surface area contributed by atoms with E-state index in [9.17, 15) is 14.9 Å². The first-order chi connectivity index (χ1) is 10.1. The minimum absolute atomic E-state index is 0.0400. The predicted octanol–water partition coefficient (Wildman–Crippen LogP) is 3.06. The zero-order valence-electron chi connectivity index (χ0n) is 11.5. The molecule has 0 bridgehead atoms. The van der Waals surface area contributed by atoms with Gasteiger partial charge in [-0.25, -0.2) is 4.79 Å². The Kier molecular flexibility index (Phi) is 4.18. The normalized spacial score (nSPS) is 10.0. The SMILES string of the molecule is COC(=O)c1ccc(-c2ccc([N+](=O)[O-])cc2OC)cc1. The minimum atomic E-state index is -0.480. The number of carbonyl (C=O) groups is 1. The molecule has 2 rings (SSSR count). The topological polar surface area (TPSA) is 78.7 Å². The van der Waals surface area contributed by atoms with Crippen molar-refractivity contribution >= 4 is 11.7 Å². The summed E-state index contributed by atoms with van der Waals surface area (Å²) in [5, 5.41) is 10.8. The van der Waals surface area contributed by atoms with E-state index in [2.05, 4.69) is 4.74 Å². The Balaban J connectivity index is 2.41. The van der Waals surface area contributed by atoms with Gasteiger partial charge in [-0.3, -0.25) is 10.1 Å². The molecule has 21 heavy (non-hydrogen) atoms. The van der Waals surface area contributed by atoms with Crippen LogP contribution in [0.4, 0.5) is 5.69 Å². The third-order valence-electron chi connectivity index (χ3n) is 3.01. The Hall–Kier alpha value is -2.89. The van der Waals surface area contributed by atoms with Gasteiger partial charge in [-0.15, -0.1) is 0 Å². The number of rotatable bonds is 4. The maximum atomic E-state index is 11.4. The summed E-state index contributed by atoms with van der Waals surface area (Å²) in [5.74, 6) is -0.0211. The van der Waals surface area contributed by atoms with Crippen LogP contribution in [0.3, 0.4) is 0 Å². The molecular weight excluding hydrogens is 274 g/mol. The lowest BCUT2D eigenvalue weighted by Gasteiger charge is -2.09. The van der Waals surface area contributed by atoms with Crippen molar-refractivity contribution in [1.82, 2.24) is 0 Å². The van der Waals surface area contributed by atoms with Crippen LogP contribution in [0, 0.1) is 10.1 Å². The molecule has 0 amide bonds. The van der Waals surface area contributed by atoms with E-state index in [4.69, 9.17) is 4.74 Å². The summed E-state index contributed by atoms with van der Waals surface area (Å²) in [4.78, 5) is 21.7. The number of esters is 1. The Bertz CT molecular complexity index is 679. The number of nitro groups is 1. The maximum absolute atomic E-state index is 11.4. The molecule has 0 unspecified atom stereocenters. The Morgan fingerprint density at radius 3 is 2.29 bits per heavy atom. The van der Waals surface area contributed by atoms with Gasteiger partial charge in [0.05, 0.1) is 30.8 Å². The van der Waals surface area contributed by atoms with Gasteiger partial charge in [-0.1, -0.05) is 12.1 Å². The molecule has 6 heteroatoms. The molecule has 0 aromatic heterocycles. The van der Waals surface area contributed by atoms with Crippen LogP contribution in [0.2, 0.25) is 0 Å². The van der Waals surface area contributed by atoms with Gasteiger partial charge >= 0.3 is 5.97 Å². The molecule has 0 heterocycles. The highest BCUT2D eigenvalue weighted by molar-refractivity contribution is 5.90. The number of benzene rings is 2. The average Bonchev–Trinajstić information content (AvgIpc) is 2.53. The van der Waals surface area contributed by atoms with Crippen molar-refractivity contribution in [3.63, 3.8) is 0 Å². The second-order valence-electron chi connectivity index (χ2n) is 4.21. The monoisotopic (exact) mass is 287 g/mol. The first kappa shape index (κ1) is 14.5. The zero-order chi connectivity index (χ0) is 15.4. The van der Waals surface area contributed by atoms with Gasteiger partial charge in [-0.05, 0) is 23.8 Å². The van der Waals surface area contributed by atoms with Crippen molar-refractivity contribution in [3.05, 3.63) is 58.1 Å². The molecule has 0 atom stereocenters. The molecule has 0 spiro atoms. The predicted molar refractivity (Wildman–Crippen MR) is 76.4 cm³/mol. The second-order valence-corrected chi connectivity index (χ2v) is 4.21. The Labute approximate surface area is 121 Å². The molecule has 2 aromatic rings. The number of hydrogen-bond donors (Lipinski definition) is 0. The molecular formula is C15H13NO5. The summed E-state index contributed by atoms with van der Waals surface area (Å²) in [6.45, 7) is 0. The molecule has 0 aliphatic rings. The number of nitrogens with zero attached hydrogens (tertiary/aromatic N) is 1. The van der Waals surface area contributed by atoms with Gasteiger partial charge in [0, 0.05) is 11.6 Å². The standard InChI is InChI=1S/C15H13NO5/c1-20-14-9-12(16(18)19)7-8-13(14)10-3-5-11(6-4-10)15(17)21-2/h3-9H,1-2H3. The fourth-order valence-corrected chi connectivity index (χ4v) is 1.94. The summed E-state index contributed by atoms with van der Waals surface area (Å²) in [6.07, 6.45) is 0. The van der Waals surface area contributed by atoms with E-state index in [1.54, 1.807) is 30.3 Å². The number of methoxy groups -OCH3 is 2. The molecule has 0 aliphatic heterocycles. The molecule has 0 saturated heterocycles. The molecule has 0 N–H and O–H groups in total. The summed E-state index contributed by atoms with van der Waals surface area (Å²) >= 11 is 0. The van der Waals surface area contributed by atoms with Crippen molar-refractivity contribution < 1.29 is 19.2 Å². The Morgan fingerprint density at radius 2 is 1.76 bits per heavy atom. The van der Waals surface area contributed by atoms with Crippen LogP contribution >= 0.6 is 0 Å². The summed E-state index contributed by atoms with van der Waals surface area (Å²) in [7, 11) is 2.76. The van der Waals surface area contributed by atoms with Crippen molar-refractivity contribution in [3.8, 4) is 16.9 Å². The lowest BCUT2D eigenvalue weighted by molar-refractivity contribution is -0.384. The third kappa shape index (κ3) is 3.00. The fourth-order valence-electron chi connectivity index (χ4n) is 1.94. The van der Waals surface area contributed by atoms with Gasteiger partial charge in [0.25, 0.3) is 5.69 Å². The molecule has 0 fully saturated rings. The van der Waals surface area contributed by atoms with Crippen LogP contribution < -0.4 is 4.74 Å². The summed E-state index contributed by atoms with van der Waals surface area (Å²) < 4.78 is 9.82. The van der Waals surface area contributed by atoms with Crippen LogP contribution in [-0.2, 0) is 4.74 Å². The smallest absolute Gasteiger partial charge is 0.337 e. The van der Waals surface area contributed by atoms with E-state index >= 15 is 0 Å². The fraction of sp³-hybridized carbons (Fsp3) is 0.133. The molecule has 6 nitrogen and oxygen atoms in total. The zero-order valence-corrected chi connectivity index (χ0v) is 11.5. The average molecular weight is 287 g/mol. The van der Waals surface area contributed by atoms with Crippen molar-refractivity contribution in [1.29, 1.82) is 0 Å². The van der Waals surface area contributed by atoms with Gasteiger partial charge in [0.1, 0.15) is 5.75 Å². The van der Waals surface area contributed by atoms with E-state index in [1.807, 2.05) is 0 Å². The van der Waals surface area contributed by atoms with Crippen LogP contribution in [0.15, 0.2) is 42.5 Å². The quantitative estimate of drug-likeness (QED) is 0.490. The first-order valence-electron chi connectivity index (χ1n) is 6.08. The second kappa shape index (κ2) is 6.04. The highest BCUT2D eigenvalue weighted by Crippen LogP contribution is 2.33. The van der Waals surface area contributed by atoms with Gasteiger partial charge < -0.3 is 9.47 Å². The van der Waals surface area contributed by atoms with E-state index in [1.165, 1.54) is 26.4 Å². The minimum Gasteiger partial charge on any atom is -0.496 e. The highest BCUT2D eigenvalue weighted by Gasteiger charge is 2.13. The number of hydrogen-bond acceptors (Lipinski definition) is 5. The molecule has 0 aliphatic carbocycles. The van der Waals surface area contributed by atoms with E-state index < -0.39 is 10.9 Å². The number of nitro benzene ring substituents is 1. The summed E-state index contributed by atoms with van der Waals surface area (Å²) in [6, 6.07) is 11.1. The first-order valence-corrected chi connectivity index (χ1v) is 6.08. The number of non-ortho nitro benzene ring substituents is 1. The van der Waals surface area contributed by atoms with E-state index in [0.29, 0.717) is 16.9 Å². The van der Waals surface area contributed by atoms with Crippen molar-refractivity contribution in [2.45, 2.75) is 0 Å². The van der Waals surface area contributed by atoms with Crippen molar-refractivity contribution in [2.75, 3.05) is 14.2 Å². The number of carbonyl (C=O) groups excluding carboxylic acids is 1. The van der Waals surface area contributed by atoms with Crippen LogP contribution in [0.5, 0.6) is 5.75 Å². The molecule has 0 saturated carbocycles. The van der Waals surface area contributed by atoms with Crippen LogP contribution in [0.25, 0.3) is 11.1 Å². The van der Waals surface area contributed by atoms with Crippen molar-refractivity contribution in [2.24, 2.45) is 0 Å². The van der Waals surface area contributed by atoms with E-state index in [0.717, 1.165) is 5.56 Å². The Morgan fingerprint density at radius 1 is 1.10 bits per heavy atom. The molecule has 2 aromatic carbocycles. The largest absolute Gasteiger partial charge is 0.496 e.